The average molecular weight is 597 g/mol. The zero-order chi connectivity index (χ0) is 30.8. The highest BCUT2D eigenvalue weighted by atomic mass is 16.5. The third-order valence-corrected chi connectivity index (χ3v) is 8.52. The molecule has 10 heteroatoms. The fourth-order valence-corrected chi connectivity index (χ4v) is 6.45. The van der Waals surface area contributed by atoms with Crippen LogP contribution in [0.4, 0.5) is 4.79 Å². The SMILES string of the molecule is C=CCN(C(=O)[NH2+]Cc1ccccc1)N1CC(=O)N2C(Cc3ccc(O)cc3)C(=O)N(Cc3cccc4c3OC(C)C4)CC21. The fraction of sp³-hybridized carbons (Fsp3) is 0.324. The van der Waals surface area contributed by atoms with Crippen molar-refractivity contribution in [3.05, 3.63) is 108 Å². The summed E-state index contributed by atoms with van der Waals surface area (Å²) in [7, 11) is 0. The number of urea groups is 1. The monoisotopic (exact) mass is 596 g/mol. The number of para-hydroxylation sites is 1. The van der Waals surface area contributed by atoms with Crippen LogP contribution in [0.3, 0.4) is 0 Å². The fourth-order valence-electron chi connectivity index (χ4n) is 6.45. The minimum Gasteiger partial charge on any atom is -0.508 e. The van der Waals surface area contributed by atoms with Gasteiger partial charge in [-0.05, 0) is 30.2 Å². The Morgan fingerprint density at radius 3 is 2.59 bits per heavy atom. The van der Waals surface area contributed by atoms with Gasteiger partial charge in [0.05, 0.1) is 13.1 Å². The number of phenols is 1. The predicted octanol–water partition coefficient (Wildman–Crippen LogP) is 2.43. The van der Waals surface area contributed by atoms with Gasteiger partial charge in [-0.25, -0.2) is 9.80 Å². The van der Waals surface area contributed by atoms with E-state index in [-0.39, 0.29) is 55.8 Å². The Morgan fingerprint density at radius 1 is 1.07 bits per heavy atom. The van der Waals surface area contributed by atoms with Crippen molar-refractivity contribution in [2.24, 2.45) is 0 Å². The van der Waals surface area contributed by atoms with Crippen LogP contribution < -0.4 is 10.1 Å². The summed E-state index contributed by atoms with van der Waals surface area (Å²) in [6, 6.07) is 21.4. The maximum absolute atomic E-state index is 14.2. The average Bonchev–Trinajstić information content (AvgIpc) is 3.57. The Morgan fingerprint density at radius 2 is 1.84 bits per heavy atom. The van der Waals surface area contributed by atoms with E-state index in [4.69, 9.17) is 4.74 Å². The van der Waals surface area contributed by atoms with Crippen molar-refractivity contribution < 1.29 is 29.5 Å². The highest BCUT2D eigenvalue weighted by Gasteiger charge is 2.52. The van der Waals surface area contributed by atoms with Gasteiger partial charge in [-0.2, -0.15) is 5.01 Å². The molecule has 3 aliphatic heterocycles. The Balaban J connectivity index is 1.30. The summed E-state index contributed by atoms with van der Waals surface area (Å²) in [4.78, 5) is 44.9. The molecule has 3 heterocycles. The summed E-state index contributed by atoms with van der Waals surface area (Å²) in [6.45, 7) is 7.09. The van der Waals surface area contributed by atoms with Gasteiger partial charge in [-0.3, -0.25) is 14.9 Å². The van der Waals surface area contributed by atoms with Crippen LogP contribution >= 0.6 is 0 Å². The van der Waals surface area contributed by atoms with Crippen molar-refractivity contribution in [3.8, 4) is 11.5 Å². The van der Waals surface area contributed by atoms with Crippen molar-refractivity contribution in [3.63, 3.8) is 0 Å². The molecule has 0 spiro atoms. The molecule has 0 aliphatic carbocycles. The summed E-state index contributed by atoms with van der Waals surface area (Å²) in [5, 5.41) is 14.8. The molecule has 3 atom stereocenters. The molecule has 228 valence electrons. The van der Waals surface area contributed by atoms with Gasteiger partial charge in [0, 0.05) is 30.5 Å². The lowest BCUT2D eigenvalue weighted by molar-refractivity contribution is -0.583. The molecule has 4 amide bonds. The summed E-state index contributed by atoms with van der Waals surface area (Å²) >= 11 is 0. The first-order valence-electron chi connectivity index (χ1n) is 15.0. The van der Waals surface area contributed by atoms with Crippen LogP contribution in [-0.2, 0) is 35.5 Å². The summed E-state index contributed by atoms with van der Waals surface area (Å²) in [5.41, 5.74) is 3.87. The minimum absolute atomic E-state index is 0.0298. The molecule has 0 saturated carbocycles. The number of carbonyl (C=O) groups is 3. The number of piperazine rings is 1. The Labute approximate surface area is 257 Å². The third kappa shape index (κ3) is 5.91. The number of benzene rings is 3. The molecule has 0 aromatic heterocycles. The molecule has 0 radical (unpaired) electrons. The van der Waals surface area contributed by atoms with E-state index in [0.29, 0.717) is 13.1 Å². The number of carbonyl (C=O) groups excluding carboxylic acids is 3. The lowest BCUT2D eigenvalue weighted by Crippen LogP contribution is -2.90. The van der Waals surface area contributed by atoms with Crippen LogP contribution in [-0.4, -0.2) is 80.7 Å². The van der Waals surface area contributed by atoms with E-state index in [1.165, 1.54) is 0 Å². The van der Waals surface area contributed by atoms with Crippen molar-refractivity contribution in [1.82, 2.24) is 19.8 Å². The molecule has 3 unspecified atom stereocenters. The van der Waals surface area contributed by atoms with Gasteiger partial charge in [0.2, 0.25) is 11.8 Å². The molecule has 3 aromatic carbocycles. The molecule has 10 nitrogen and oxygen atoms in total. The summed E-state index contributed by atoms with van der Waals surface area (Å²) in [6.07, 6.45) is 2.26. The van der Waals surface area contributed by atoms with E-state index in [1.54, 1.807) is 55.5 Å². The van der Waals surface area contributed by atoms with Crippen molar-refractivity contribution in [2.45, 2.75) is 51.2 Å². The number of nitrogens with two attached hydrogens (primary N) is 1. The predicted molar refractivity (Wildman–Crippen MR) is 163 cm³/mol. The molecular weight excluding hydrogens is 558 g/mol. The number of aromatic hydroxyl groups is 1. The Kier molecular flexibility index (Phi) is 8.36. The molecule has 2 saturated heterocycles. The van der Waals surface area contributed by atoms with E-state index in [2.05, 4.69) is 12.6 Å². The zero-order valence-electron chi connectivity index (χ0n) is 24.8. The van der Waals surface area contributed by atoms with Gasteiger partial charge in [-0.1, -0.05) is 66.7 Å². The number of hydrazine groups is 1. The second kappa shape index (κ2) is 12.5. The standard InChI is InChI=1S/C34H37N5O5/c1-3-16-37(34(43)35-19-25-8-5-4-6-9-25)38-22-31(41)39-29(18-24-12-14-28(40)15-13-24)33(42)36(21-30(38)39)20-27-11-7-10-26-17-23(2)44-32(26)27/h3-15,23,29-30,40H,1,16-22H2,2H3,(H,35,43)/p+1. The highest BCUT2D eigenvalue weighted by molar-refractivity contribution is 5.91. The zero-order valence-corrected chi connectivity index (χ0v) is 24.8. The number of fused-ring (bicyclic) bond motifs is 2. The first-order chi connectivity index (χ1) is 21.3. The van der Waals surface area contributed by atoms with Crippen molar-refractivity contribution in [2.75, 3.05) is 19.6 Å². The number of nitrogens with zero attached hydrogens (tertiary/aromatic N) is 4. The van der Waals surface area contributed by atoms with Crippen molar-refractivity contribution in [1.29, 1.82) is 0 Å². The molecule has 6 rings (SSSR count). The van der Waals surface area contributed by atoms with Gasteiger partial charge in [0.25, 0.3) is 0 Å². The van der Waals surface area contributed by atoms with E-state index in [0.717, 1.165) is 34.4 Å². The molecule has 44 heavy (non-hydrogen) atoms. The van der Waals surface area contributed by atoms with E-state index in [1.807, 2.05) is 49.4 Å². The normalized spacial score (nSPS) is 21.2. The lowest BCUT2D eigenvalue weighted by Gasteiger charge is -2.46. The highest BCUT2D eigenvalue weighted by Crippen LogP contribution is 2.35. The second-order valence-corrected chi connectivity index (χ2v) is 11.6. The van der Waals surface area contributed by atoms with Crippen molar-refractivity contribution >= 4 is 17.8 Å². The molecule has 0 bridgehead atoms. The number of hydrogen-bond acceptors (Lipinski definition) is 6. The number of primary amides is 1. The number of amides is 4. The number of phenolic OH excluding ortho intramolecular Hbond substituents is 1. The quantitative estimate of drug-likeness (QED) is 0.368. The molecular formula is C34H38N5O5+. The molecule has 3 N–H and O–H groups in total. The molecule has 3 aliphatic rings. The number of hydrogen-bond donors (Lipinski definition) is 2. The van der Waals surface area contributed by atoms with Gasteiger partial charge in [-0.15, -0.1) is 6.58 Å². The van der Waals surface area contributed by atoms with Gasteiger partial charge in [0.1, 0.15) is 42.9 Å². The summed E-state index contributed by atoms with van der Waals surface area (Å²) in [5.74, 6) is 0.577. The number of quaternary nitrogens is 1. The minimum atomic E-state index is -0.777. The largest absolute Gasteiger partial charge is 0.508 e. The summed E-state index contributed by atoms with van der Waals surface area (Å²) < 4.78 is 6.13. The van der Waals surface area contributed by atoms with Gasteiger partial charge in [0.15, 0.2) is 0 Å². The maximum atomic E-state index is 14.2. The van der Waals surface area contributed by atoms with Gasteiger partial charge < -0.3 is 19.6 Å². The Bertz CT molecular complexity index is 1550. The first kappa shape index (κ1) is 29.4. The molecule has 3 aromatic rings. The van der Waals surface area contributed by atoms with Crippen LogP contribution in [0.2, 0.25) is 0 Å². The maximum Gasteiger partial charge on any atom is 0.430 e. The van der Waals surface area contributed by atoms with Crippen LogP contribution in [0.15, 0.2) is 85.5 Å². The van der Waals surface area contributed by atoms with Crippen LogP contribution in [0.5, 0.6) is 11.5 Å². The van der Waals surface area contributed by atoms with Crippen LogP contribution in [0, 0.1) is 0 Å². The topological polar surface area (TPSA) is 110 Å². The lowest BCUT2D eigenvalue weighted by atomic mass is 9.99. The number of rotatable bonds is 9. The van der Waals surface area contributed by atoms with Gasteiger partial charge >= 0.3 is 6.03 Å². The van der Waals surface area contributed by atoms with E-state index >= 15 is 0 Å². The Hall–Kier alpha value is -4.67. The van der Waals surface area contributed by atoms with Crippen LogP contribution in [0.1, 0.15) is 29.2 Å². The second-order valence-electron chi connectivity index (χ2n) is 11.6. The molecule has 2 fully saturated rings. The third-order valence-electron chi connectivity index (χ3n) is 8.52. The van der Waals surface area contributed by atoms with E-state index in [9.17, 15) is 19.5 Å². The first-order valence-corrected chi connectivity index (χ1v) is 15.0. The number of ether oxygens (including phenoxy) is 1. The van der Waals surface area contributed by atoms with E-state index < -0.39 is 12.2 Å². The smallest absolute Gasteiger partial charge is 0.430 e. The van der Waals surface area contributed by atoms with Crippen LogP contribution in [0.25, 0.3) is 0 Å².